The van der Waals surface area contributed by atoms with Crippen molar-refractivity contribution in [3.8, 4) is 0 Å². The summed E-state index contributed by atoms with van der Waals surface area (Å²) >= 11 is 0. The highest BCUT2D eigenvalue weighted by Gasteiger charge is 2.15. The van der Waals surface area contributed by atoms with E-state index in [1.165, 1.54) is 5.56 Å². The van der Waals surface area contributed by atoms with Crippen LogP contribution in [-0.2, 0) is 12.8 Å². The average Bonchev–Trinajstić information content (AvgIpc) is 2.36. The van der Waals surface area contributed by atoms with Crippen LogP contribution in [0.2, 0.25) is 0 Å². The summed E-state index contributed by atoms with van der Waals surface area (Å²) in [7, 11) is 0. The number of aryl methyl sites for hydroxylation is 2. The van der Waals surface area contributed by atoms with E-state index < -0.39 is 0 Å². The van der Waals surface area contributed by atoms with Crippen LogP contribution in [0.1, 0.15) is 25.0 Å². The van der Waals surface area contributed by atoms with E-state index in [1.54, 1.807) is 12.1 Å². The van der Waals surface area contributed by atoms with E-state index in [1.807, 2.05) is 19.1 Å². The van der Waals surface area contributed by atoms with Crippen LogP contribution in [0.15, 0.2) is 30.3 Å². The molecule has 0 N–H and O–H groups in total. The standard InChI is InChI=1S/C14H15NO2/c1-3-10-8-9-11-6-5-7-13(15(16)17)14(11)12(10)4-2/h5-9H,3-4H2,1-2H3. The molecule has 0 fully saturated rings. The molecule has 2 aromatic rings. The SMILES string of the molecule is CCc1ccc2cccc([N+](=O)[O-])c2c1CC. The molecule has 0 aliphatic carbocycles. The predicted molar refractivity (Wildman–Crippen MR) is 69.4 cm³/mol. The lowest BCUT2D eigenvalue weighted by atomic mass is 9.94. The molecule has 0 aromatic heterocycles. The maximum absolute atomic E-state index is 11.1. The molecule has 88 valence electrons. The zero-order valence-electron chi connectivity index (χ0n) is 10.1. The first-order chi connectivity index (χ1) is 8.19. The summed E-state index contributed by atoms with van der Waals surface area (Å²) in [5, 5.41) is 12.8. The average molecular weight is 229 g/mol. The van der Waals surface area contributed by atoms with Crippen molar-refractivity contribution in [1.82, 2.24) is 0 Å². The molecule has 0 unspecified atom stereocenters. The van der Waals surface area contributed by atoms with Gasteiger partial charge in [0.1, 0.15) is 0 Å². The van der Waals surface area contributed by atoms with Crippen LogP contribution in [0.4, 0.5) is 5.69 Å². The number of rotatable bonds is 3. The predicted octanol–water partition coefficient (Wildman–Crippen LogP) is 3.87. The summed E-state index contributed by atoms with van der Waals surface area (Å²) in [5.74, 6) is 0. The highest BCUT2D eigenvalue weighted by Crippen LogP contribution is 2.31. The molecule has 0 spiro atoms. The zero-order valence-corrected chi connectivity index (χ0v) is 10.1. The Kier molecular flexibility index (Phi) is 3.09. The van der Waals surface area contributed by atoms with Gasteiger partial charge < -0.3 is 0 Å². The summed E-state index contributed by atoms with van der Waals surface area (Å²) in [5.41, 5.74) is 2.53. The van der Waals surface area contributed by atoms with Gasteiger partial charge in [0.05, 0.1) is 10.3 Å². The Morgan fingerprint density at radius 3 is 2.47 bits per heavy atom. The van der Waals surface area contributed by atoms with E-state index in [4.69, 9.17) is 0 Å². The van der Waals surface area contributed by atoms with Gasteiger partial charge in [-0.3, -0.25) is 10.1 Å². The molecule has 0 heterocycles. The monoisotopic (exact) mass is 229 g/mol. The molecule has 3 nitrogen and oxygen atoms in total. The van der Waals surface area contributed by atoms with Gasteiger partial charge in [-0.1, -0.05) is 38.1 Å². The number of hydrogen-bond acceptors (Lipinski definition) is 2. The molecule has 0 saturated heterocycles. The number of benzene rings is 2. The van der Waals surface area contributed by atoms with E-state index >= 15 is 0 Å². The summed E-state index contributed by atoms with van der Waals surface area (Å²) in [6, 6.07) is 9.30. The fourth-order valence-corrected chi connectivity index (χ4v) is 2.36. The molecule has 0 aliphatic heterocycles. The Morgan fingerprint density at radius 2 is 1.88 bits per heavy atom. The lowest BCUT2D eigenvalue weighted by Crippen LogP contribution is -1.97. The Labute approximate surface area is 100 Å². The molecule has 0 atom stereocenters. The fourth-order valence-electron chi connectivity index (χ4n) is 2.36. The summed E-state index contributed by atoms with van der Waals surface area (Å²) in [6.07, 6.45) is 1.73. The molecule has 0 bridgehead atoms. The maximum Gasteiger partial charge on any atom is 0.277 e. The van der Waals surface area contributed by atoms with Gasteiger partial charge in [-0.2, -0.15) is 0 Å². The molecule has 2 aromatic carbocycles. The summed E-state index contributed by atoms with van der Waals surface area (Å²) in [4.78, 5) is 10.8. The van der Waals surface area contributed by atoms with E-state index in [0.29, 0.717) is 0 Å². The zero-order chi connectivity index (χ0) is 12.4. The van der Waals surface area contributed by atoms with Crippen molar-refractivity contribution in [3.63, 3.8) is 0 Å². The van der Waals surface area contributed by atoms with Crippen LogP contribution in [0.3, 0.4) is 0 Å². The second-order valence-electron chi connectivity index (χ2n) is 4.04. The lowest BCUT2D eigenvalue weighted by Gasteiger charge is -2.10. The number of hydrogen-bond donors (Lipinski definition) is 0. The van der Waals surface area contributed by atoms with Crippen LogP contribution in [-0.4, -0.2) is 4.92 Å². The van der Waals surface area contributed by atoms with Gasteiger partial charge >= 0.3 is 0 Å². The van der Waals surface area contributed by atoms with Gasteiger partial charge in [-0.25, -0.2) is 0 Å². The first-order valence-corrected chi connectivity index (χ1v) is 5.86. The largest absolute Gasteiger partial charge is 0.277 e. The van der Waals surface area contributed by atoms with Crippen molar-refractivity contribution in [2.45, 2.75) is 26.7 Å². The van der Waals surface area contributed by atoms with Crippen LogP contribution in [0.5, 0.6) is 0 Å². The number of nitro groups is 1. The quantitative estimate of drug-likeness (QED) is 0.592. The van der Waals surface area contributed by atoms with Crippen LogP contribution in [0, 0.1) is 10.1 Å². The molecule has 3 heteroatoms. The van der Waals surface area contributed by atoms with Crippen LogP contribution in [0.25, 0.3) is 10.8 Å². The number of non-ortho nitro benzene ring substituents is 1. The van der Waals surface area contributed by atoms with Gasteiger partial charge in [0.15, 0.2) is 0 Å². The van der Waals surface area contributed by atoms with Crippen molar-refractivity contribution in [2.75, 3.05) is 0 Å². The number of fused-ring (bicyclic) bond motifs is 1. The Balaban J connectivity index is 2.89. The maximum atomic E-state index is 11.1. The van der Waals surface area contributed by atoms with Gasteiger partial charge in [-0.15, -0.1) is 0 Å². The second-order valence-corrected chi connectivity index (χ2v) is 4.04. The molecule has 17 heavy (non-hydrogen) atoms. The Morgan fingerprint density at radius 1 is 1.12 bits per heavy atom. The second kappa shape index (κ2) is 4.53. The summed E-state index contributed by atoms with van der Waals surface area (Å²) in [6.45, 7) is 4.12. The van der Waals surface area contributed by atoms with E-state index in [0.717, 1.165) is 29.2 Å². The van der Waals surface area contributed by atoms with Crippen LogP contribution < -0.4 is 0 Å². The van der Waals surface area contributed by atoms with E-state index in [2.05, 4.69) is 13.0 Å². The molecule has 0 aliphatic rings. The van der Waals surface area contributed by atoms with Crippen molar-refractivity contribution in [2.24, 2.45) is 0 Å². The number of nitrogens with zero attached hydrogens (tertiary/aromatic N) is 1. The molecular formula is C14H15NO2. The number of nitro benzene ring substituents is 1. The molecule has 2 rings (SSSR count). The minimum atomic E-state index is -0.291. The first-order valence-electron chi connectivity index (χ1n) is 5.86. The van der Waals surface area contributed by atoms with Gasteiger partial charge in [0.2, 0.25) is 0 Å². The minimum Gasteiger partial charge on any atom is -0.258 e. The van der Waals surface area contributed by atoms with Gasteiger partial charge in [-0.05, 0) is 29.4 Å². The molecule has 0 radical (unpaired) electrons. The minimum absolute atomic E-state index is 0.217. The van der Waals surface area contributed by atoms with Crippen molar-refractivity contribution in [3.05, 3.63) is 51.6 Å². The molecule has 0 saturated carbocycles. The highest BCUT2D eigenvalue weighted by atomic mass is 16.6. The summed E-state index contributed by atoms with van der Waals surface area (Å²) < 4.78 is 0. The Hall–Kier alpha value is -1.90. The smallest absolute Gasteiger partial charge is 0.258 e. The van der Waals surface area contributed by atoms with Gasteiger partial charge in [0.25, 0.3) is 5.69 Å². The highest BCUT2D eigenvalue weighted by molar-refractivity contribution is 5.94. The lowest BCUT2D eigenvalue weighted by molar-refractivity contribution is -0.383. The third kappa shape index (κ3) is 1.88. The van der Waals surface area contributed by atoms with E-state index in [-0.39, 0.29) is 10.6 Å². The fraction of sp³-hybridized carbons (Fsp3) is 0.286. The van der Waals surface area contributed by atoms with Crippen molar-refractivity contribution < 1.29 is 4.92 Å². The topological polar surface area (TPSA) is 43.1 Å². The van der Waals surface area contributed by atoms with Crippen LogP contribution >= 0.6 is 0 Å². The molecular weight excluding hydrogens is 214 g/mol. The molecule has 0 amide bonds. The van der Waals surface area contributed by atoms with Crippen molar-refractivity contribution >= 4 is 16.5 Å². The van der Waals surface area contributed by atoms with Gasteiger partial charge in [0, 0.05) is 6.07 Å². The third-order valence-electron chi connectivity index (χ3n) is 3.16. The normalized spacial score (nSPS) is 10.7. The first kappa shape index (κ1) is 11.6. The third-order valence-corrected chi connectivity index (χ3v) is 3.16. The Bertz CT molecular complexity index is 576. The van der Waals surface area contributed by atoms with Crippen molar-refractivity contribution in [1.29, 1.82) is 0 Å². The van der Waals surface area contributed by atoms with E-state index in [9.17, 15) is 10.1 Å².